The molecule has 0 radical (unpaired) electrons. The number of ether oxygens (including phenoxy) is 1. The molecule has 2 aromatic rings. The number of rotatable bonds is 8. The van der Waals surface area contributed by atoms with E-state index in [-0.39, 0.29) is 18.1 Å². The van der Waals surface area contributed by atoms with Crippen LogP contribution in [-0.4, -0.2) is 49.0 Å². The second kappa shape index (κ2) is 10.9. The molecule has 0 aliphatic heterocycles. The van der Waals surface area contributed by atoms with Gasteiger partial charge >= 0.3 is 6.61 Å². The van der Waals surface area contributed by atoms with Crippen LogP contribution in [0.15, 0.2) is 47.5 Å². The first-order valence-electron chi connectivity index (χ1n) is 9.06. The Morgan fingerprint density at radius 3 is 2.59 bits per heavy atom. The van der Waals surface area contributed by atoms with Gasteiger partial charge < -0.3 is 20.3 Å². The van der Waals surface area contributed by atoms with E-state index in [1.54, 1.807) is 25.2 Å². The number of aromatic nitrogens is 1. The summed E-state index contributed by atoms with van der Waals surface area (Å²) in [5, 5.41) is 5.88. The summed E-state index contributed by atoms with van der Waals surface area (Å²) in [6.45, 7) is -0.0780. The maximum Gasteiger partial charge on any atom is 0.387 e. The predicted molar refractivity (Wildman–Crippen MR) is 108 cm³/mol. The van der Waals surface area contributed by atoms with Crippen LogP contribution in [0.4, 0.5) is 14.6 Å². The number of amides is 1. The number of benzene rings is 1. The summed E-state index contributed by atoms with van der Waals surface area (Å²) in [6.07, 6.45) is 0.252. The molecule has 0 unspecified atom stereocenters. The van der Waals surface area contributed by atoms with Crippen molar-refractivity contribution in [2.45, 2.75) is 26.5 Å². The van der Waals surface area contributed by atoms with Crippen LogP contribution in [0.25, 0.3) is 0 Å². The van der Waals surface area contributed by atoms with Crippen LogP contribution >= 0.6 is 0 Å². The number of guanidine groups is 1. The van der Waals surface area contributed by atoms with E-state index in [0.29, 0.717) is 24.9 Å². The van der Waals surface area contributed by atoms with Crippen molar-refractivity contribution >= 4 is 17.7 Å². The molecule has 156 valence electrons. The summed E-state index contributed by atoms with van der Waals surface area (Å²) in [7, 11) is 3.49. The van der Waals surface area contributed by atoms with E-state index in [1.165, 1.54) is 12.1 Å². The van der Waals surface area contributed by atoms with Crippen LogP contribution in [0.3, 0.4) is 0 Å². The molecular weight excluding hydrogens is 380 g/mol. The molecule has 1 heterocycles. The maximum atomic E-state index is 12.2. The zero-order chi connectivity index (χ0) is 21.2. The molecule has 2 N–H and O–H groups in total. The summed E-state index contributed by atoms with van der Waals surface area (Å²) in [5.41, 5.74) is 1.73. The van der Waals surface area contributed by atoms with Crippen LogP contribution in [-0.2, 0) is 11.3 Å². The highest BCUT2D eigenvalue weighted by molar-refractivity contribution is 5.90. The van der Waals surface area contributed by atoms with E-state index in [4.69, 9.17) is 0 Å². The van der Waals surface area contributed by atoms with Gasteiger partial charge in [0.25, 0.3) is 0 Å². The lowest BCUT2D eigenvalue weighted by Gasteiger charge is -2.22. The molecule has 0 atom stereocenters. The first kappa shape index (κ1) is 22.1. The average Bonchev–Trinajstić information content (AvgIpc) is 2.66. The van der Waals surface area contributed by atoms with Crippen LogP contribution in [0, 0.1) is 6.92 Å². The molecule has 1 aromatic heterocycles. The van der Waals surface area contributed by atoms with Crippen molar-refractivity contribution in [2.75, 3.05) is 26.0 Å². The van der Waals surface area contributed by atoms with Gasteiger partial charge in [-0.2, -0.15) is 8.78 Å². The fraction of sp³-hybridized carbons (Fsp3) is 0.350. The highest BCUT2D eigenvalue weighted by atomic mass is 19.3. The topological polar surface area (TPSA) is 78.8 Å². The lowest BCUT2D eigenvalue weighted by atomic mass is 10.2. The van der Waals surface area contributed by atoms with E-state index in [9.17, 15) is 13.6 Å². The zero-order valence-electron chi connectivity index (χ0n) is 16.7. The third kappa shape index (κ3) is 7.73. The Morgan fingerprint density at radius 2 is 1.97 bits per heavy atom. The fourth-order valence-corrected chi connectivity index (χ4v) is 2.62. The van der Waals surface area contributed by atoms with E-state index in [1.807, 2.05) is 31.0 Å². The molecular formula is C20H25F2N5O2. The van der Waals surface area contributed by atoms with Crippen LogP contribution in [0.1, 0.15) is 17.7 Å². The summed E-state index contributed by atoms with van der Waals surface area (Å²) in [4.78, 5) is 22.3. The van der Waals surface area contributed by atoms with Gasteiger partial charge in [-0.3, -0.25) is 9.79 Å². The second-order valence-corrected chi connectivity index (χ2v) is 6.31. The number of aliphatic imine (C=N–C) groups is 1. The molecule has 29 heavy (non-hydrogen) atoms. The van der Waals surface area contributed by atoms with Crippen LogP contribution < -0.4 is 15.4 Å². The SMILES string of the molecule is CN=C(NCCC(=O)Nc1cccc(C)n1)N(C)Cc1ccc(OC(F)F)cc1. The molecule has 1 amide bonds. The number of carbonyl (C=O) groups excluding carboxylic acids is 1. The number of nitrogens with one attached hydrogen (secondary N) is 2. The number of alkyl halides is 2. The summed E-state index contributed by atoms with van der Waals surface area (Å²) < 4.78 is 28.8. The van der Waals surface area contributed by atoms with Gasteiger partial charge in [-0.05, 0) is 36.8 Å². The monoisotopic (exact) mass is 405 g/mol. The highest BCUT2D eigenvalue weighted by Gasteiger charge is 2.09. The molecule has 0 aliphatic carbocycles. The summed E-state index contributed by atoms with van der Waals surface area (Å²) in [6, 6.07) is 11.8. The number of pyridine rings is 1. The number of carbonyl (C=O) groups is 1. The minimum Gasteiger partial charge on any atom is -0.435 e. The predicted octanol–water partition coefficient (Wildman–Crippen LogP) is 3.03. The van der Waals surface area contributed by atoms with Crippen molar-refractivity contribution in [3.63, 3.8) is 0 Å². The summed E-state index contributed by atoms with van der Waals surface area (Å²) >= 11 is 0. The number of hydrogen-bond acceptors (Lipinski definition) is 4. The molecule has 0 aliphatic rings. The minimum atomic E-state index is -2.84. The van der Waals surface area contributed by atoms with Gasteiger partial charge in [-0.25, -0.2) is 4.98 Å². The second-order valence-electron chi connectivity index (χ2n) is 6.31. The van der Waals surface area contributed by atoms with Crippen molar-refractivity contribution < 1.29 is 18.3 Å². The third-order valence-electron chi connectivity index (χ3n) is 3.93. The quantitative estimate of drug-likeness (QED) is 0.521. The Bertz CT molecular complexity index is 828. The largest absolute Gasteiger partial charge is 0.435 e. The van der Waals surface area contributed by atoms with Gasteiger partial charge in [0, 0.05) is 39.3 Å². The fourth-order valence-electron chi connectivity index (χ4n) is 2.62. The molecule has 1 aromatic carbocycles. The van der Waals surface area contributed by atoms with Crippen molar-refractivity contribution in [1.29, 1.82) is 0 Å². The lowest BCUT2D eigenvalue weighted by Crippen LogP contribution is -2.39. The van der Waals surface area contributed by atoms with Gasteiger partial charge in [0.05, 0.1) is 0 Å². The van der Waals surface area contributed by atoms with Crippen molar-refractivity contribution in [2.24, 2.45) is 4.99 Å². The first-order valence-corrected chi connectivity index (χ1v) is 9.06. The van der Waals surface area contributed by atoms with E-state index in [0.717, 1.165) is 11.3 Å². The summed E-state index contributed by atoms with van der Waals surface area (Å²) in [5.74, 6) is 1.10. The highest BCUT2D eigenvalue weighted by Crippen LogP contribution is 2.15. The van der Waals surface area contributed by atoms with Crippen molar-refractivity contribution in [3.8, 4) is 5.75 Å². The van der Waals surface area contributed by atoms with Crippen molar-refractivity contribution in [3.05, 3.63) is 53.7 Å². The average molecular weight is 405 g/mol. The molecule has 0 saturated heterocycles. The molecule has 0 bridgehead atoms. The lowest BCUT2D eigenvalue weighted by molar-refractivity contribution is -0.116. The van der Waals surface area contributed by atoms with Crippen LogP contribution in [0.5, 0.6) is 5.75 Å². The number of nitrogens with zero attached hydrogens (tertiary/aromatic N) is 3. The van der Waals surface area contributed by atoms with E-state index >= 15 is 0 Å². The normalized spacial score (nSPS) is 11.3. The van der Waals surface area contributed by atoms with Gasteiger partial charge in [0.15, 0.2) is 5.96 Å². The van der Waals surface area contributed by atoms with Gasteiger partial charge in [-0.1, -0.05) is 18.2 Å². The van der Waals surface area contributed by atoms with E-state index in [2.05, 4.69) is 25.3 Å². The first-order chi connectivity index (χ1) is 13.9. The third-order valence-corrected chi connectivity index (χ3v) is 3.93. The molecule has 0 saturated carbocycles. The Labute approximate surface area is 168 Å². The van der Waals surface area contributed by atoms with Crippen LogP contribution in [0.2, 0.25) is 0 Å². The maximum absolute atomic E-state index is 12.2. The minimum absolute atomic E-state index is 0.114. The zero-order valence-corrected chi connectivity index (χ0v) is 16.7. The number of anilines is 1. The molecule has 2 rings (SSSR count). The van der Waals surface area contributed by atoms with E-state index < -0.39 is 6.61 Å². The molecule has 0 fully saturated rings. The number of aryl methyl sites for hydroxylation is 1. The van der Waals surface area contributed by atoms with Gasteiger partial charge in [0.1, 0.15) is 11.6 Å². The Hall–Kier alpha value is -3.23. The standard InChI is InChI=1S/C20H25F2N5O2/c1-14-5-4-6-17(25-14)26-18(28)11-12-24-20(23-2)27(3)13-15-7-9-16(10-8-15)29-19(21)22/h4-10,19H,11-13H2,1-3H3,(H,23,24)(H,25,26,28). The van der Waals surface area contributed by atoms with Gasteiger partial charge in [-0.15, -0.1) is 0 Å². The Balaban J connectivity index is 1.79. The Morgan fingerprint density at radius 1 is 1.24 bits per heavy atom. The van der Waals surface area contributed by atoms with Crippen molar-refractivity contribution in [1.82, 2.24) is 15.2 Å². The van der Waals surface area contributed by atoms with Gasteiger partial charge in [0.2, 0.25) is 5.91 Å². The molecule has 9 heteroatoms. The number of halogens is 2. The number of hydrogen-bond donors (Lipinski definition) is 2. The molecule has 0 spiro atoms. The smallest absolute Gasteiger partial charge is 0.387 e. The molecule has 7 nitrogen and oxygen atoms in total. The Kier molecular flexibility index (Phi) is 8.32.